The molecule has 1 aliphatic heterocycles. The summed E-state index contributed by atoms with van der Waals surface area (Å²) in [6, 6.07) is 9.92. The maximum atomic E-state index is 10.1. The minimum Gasteiger partial charge on any atom is -0.369 e. The summed E-state index contributed by atoms with van der Waals surface area (Å²) >= 11 is 5.30. The van der Waals surface area contributed by atoms with Crippen LogP contribution in [-0.4, -0.2) is 27.9 Å². The van der Waals surface area contributed by atoms with Crippen LogP contribution in [0.1, 0.15) is 38.2 Å². The molecule has 0 saturated heterocycles. The Kier molecular flexibility index (Phi) is 5.56. The van der Waals surface area contributed by atoms with Gasteiger partial charge in [0.05, 0.1) is 0 Å². The molecule has 0 fully saturated rings. The summed E-state index contributed by atoms with van der Waals surface area (Å²) in [7, 11) is 0. The van der Waals surface area contributed by atoms with Gasteiger partial charge in [-0.15, -0.1) is 0 Å². The lowest BCUT2D eigenvalue weighted by molar-refractivity contribution is 0.207. The lowest BCUT2D eigenvalue weighted by atomic mass is 10.0. The fourth-order valence-electron chi connectivity index (χ4n) is 2.31. The van der Waals surface area contributed by atoms with Crippen LogP contribution < -0.4 is 5.32 Å². The molecule has 1 aliphatic rings. The zero-order chi connectivity index (χ0) is 14.4. The molecule has 1 heterocycles. The normalized spacial score (nSPS) is 18.7. The highest BCUT2D eigenvalue weighted by Crippen LogP contribution is 2.22. The van der Waals surface area contributed by atoms with Crippen molar-refractivity contribution in [2.75, 3.05) is 6.54 Å². The van der Waals surface area contributed by atoms with Gasteiger partial charge in [0.2, 0.25) is 0 Å². The molecule has 4 heteroatoms. The van der Waals surface area contributed by atoms with Crippen molar-refractivity contribution >= 4 is 22.9 Å². The molecule has 108 valence electrons. The standard InChI is InChI=1S/C16H22N2OS/c1-2-3-4-8-11-18-12-14(15(19)17-16(18)20)13-9-6-5-7-10-13/h5-7,9-10,12,15,19H,2-4,8,11H2,1H3,(H,17,20). The number of rotatable bonds is 6. The van der Waals surface area contributed by atoms with E-state index in [0.717, 1.165) is 24.1 Å². The molecule has 0 amide bonds. The van der Waals surface area contributed by atoms with Gasteiger partial charge in [-0.05, 0) is 24.2 Å². The summed E-state index contributed by atoms with van der Waals surface area (Å²) in [5.41, 5.74) is 1.89. The second-order valence-electron chi connectivity index (χ2n) is 5.06. The van der Waals surface area contributed by atoms with E-state index in [1.165, 1.54) is 19.3 Å². The van der Waals surface area contributed by atoms with E-state index in [9.17, 15) is 5.11 Å². The van der Waals surface area contributed by atoms with Crippen molar-refractivity contribution in [3.05, 3.63) is 42.1 Å². The molecule has 1 unspecified atom stereocenters. The third kappa shape index (κ3) is 3.81. The quantitative estimate of drug-likeness (QED) is 0.623. The predicted molar refractivity (Wildman–Crippen MR) is 87.0 cm³/mol. The molecule has 2 N–H and O–H groups in total. The van der Waals surface area contributed by atoms with Gasteiger partial charge in [-0.25, -0.2) is 0 Å². The van der Waals surface area contributed by atoms with E-state index in [1.54, 1.807) is 0 Å². The average molecular weight is 290 g/mol. The van der Waals surface area contributed by atoms with Crippen molar-refractivity contribution in [2.24, 2.45) is 0 Å². The molecule has 0 aromatic heterocycles. The van der Waals surface area contributed by atoms with Gasteiger partial charge in [0.15, 0.2) is 11.3 Å². The Hall–Kier alpha value is -1.39. The molecule has 0 saturated carbocycles. The SMILES string of the molecule is CCCCCCN1C=C(c2ccccc2)C(O)NC1=S. The zero-order valence-electron chi connectivity index (χ0n) is 11.9. The first-order valence-corrected chi connectivity index (χ1v) is 7.65. The van der Waals surface area contributed by atoms with Crippen LogP contribution in [0.3, 0.4) is 0 Å². The summed E-state index contributed by atoms with van der Waals surface area (Å²) in [5.74, 6) is 0. The third-order valence-electron chi connectivity index (χ3n) is 3.47. The second kappa shape index (κ2) is 7.41. The number of nitrogens with one attached hydrogen (secondary N) is 1. The van der Waals surface area contributed by atoms with E-state index >= 15 is 0 Å². The summed E-state index contributed by atoms with van der Waals surface area (Å²) < 4.78 is 0. The molecular formula is C16H22N2OS. The number of aliphatic hydroxyl groups is 1. The van der Waals surface area contributed by atoms with Crippen molar-refractivity contribution < 1.29 is 5.11 Å². The maximum Gasteiger partial charge on any atom is 0.175 e. The van der Waals surface area contributed by atoms with Crippen LogP contribution in [0.5, 0.6) is 0 Å². The Labute approximate surface area is 126 Å². The summed E-state index contributed by atoms with van der Waals surface area (Å²) in [5, 5.41) is 13.7. The summed E-state index contributed by atoms with van der Waals surface area (Å²) in [4.78, 5) is 2.03. The molecule has 1 atom stereocenters. The van der Waals surface area contributed by atoms with Gasteiger partial charge in [0.25, 0.3) is 0 Å². The number of hydrogen-bond donors (Lipinski definition) is 2. The highest BCUT2D eigenvalue weighted by molar-refractivity contribution is 7.80. The highest BCUT2D eigenvalue weighted by Gasteiger charge is 2.22. The first kappa shape index (κ1) is 15.0. The van der Waals surface area contributed by atoms with E-state index < -0.39 is 6.23 Å². The van der Waals surface area contributed by atoms with Crippen molar-refractivity contribution in [3.8, 4) is 0 Å². The number of nitrogens with zero attached hydrogens (tertiary/aromatic N) is 1. The Morgan fingerprint density at radius 1 is 1.20 bits per heavy atom. The Bertz CT molecular complexity index is 473. The maximum absolute atomic E-state index is 10.1. The minimum absolute atomic E-state index is 0.605. The molecule has 20 heavy (non-hydrogen) atoms. The Morgan fingerprint density at radius 3 is 2.65 bits per heavy atom. The van der Waals surface area contributed by atoms with Crippen molar-refractivity contribution in [2.45, 2.75) is 38.8 Å². The van der Waals surface area contributed by atoms with Crippen LogP contribution >= 0.6 is 12.2 Å². The fraction of sp³-hybridized carbons (Fsp3) is 0.438. The number of aliphatic hydroxyl groups excluding tert-OH is 1. The van der Waals surface area contributed by atoms with E-state index in [2.05, 4.69) is 12.2 Å². The highest BCUT2D eigenvalue weighted by atomic mass is 32.1. The first-order valence-electron chi connectivity index (χ1n) is 7.24. The predicted octanol–water partition coefficient (Wildman–Crippen LogP) is 3.12. The molecule has 1 aromatic rings. The van der Waals surface area contributed by atoms with Crippen molar-refractivity contribution in [1.82, 2.24) is 10.2 Å². The lowest BCUT2D eigenvalue weighted by Crippen LogP contribution is -2.47. The van der Waals surface area contributed by atoms with Crippen LogP contribution in [0, 0.1) is 0 Å². The number of thiocarbonyl (C=S) groups is 1. The number of unbranched alkanes of at least 4 members (excludes halogenated alkanes) is 3. The largest absolute Gasteiger partial charge is 0.369 e. The topological polar surface area (TPSA) is 35.5 Å². The lowest BCUT2D eigenvalue weighted by Gasteiger charge is -2.32. The van der Waals surface area contributed by atoms with Gasteiger partial charge in [-0.1, -0.05) is 56.5 Å². The van der Waals surface area contributed by atoms with Crippen molar-refractivity contribution in [3.63, 3.8) is 0 Å². The van der Waals surface area contributed by atoms with Gasteiger partial charge >= 0.3 is 0 Å². The van der Waals surface area contributed by atoms with Crippen LogP contribution in [0.4, 0.5) is 0 Å². The molecular weight excluding hydrogens is 268 g/mol. The molecule has 0 spiro atoms. The average Bonchev–Trinajstić information content (AvgIpc) is 2.46. The van der Waals surface area contributed by atoms with E-state index in [-0.39, 0.29) is 0 Å². The Morgan fingerprint density at radius 2 is 1.95 bits per heavy atom. The van der Waals surface area contributed by atoms with Crippen LogP contribution in [0.25, 0.3) is 5.57 Å². The number of hydrogen-bond acceptors (Lipinski definition) is 2. The van der Waals surface area contributed by atoms with Crippen molar-refractivity contribution in [1.29, 1.82) is 0 Å². The first-order chi connectivity index (χ1) is 9.72. The van der Waals surface area contributed by atoms with Gasteiger partial charge in [-0.3, -0.25) is 0 Å². The smallest absolute Gasteiger partial charge is 0.175 e. The molecule has 1 aromatic carbocycles. The monoisotopic (exact) mass is 290 g/mol. The van der Waals surface area contributed by atoms with E-state index in [1.807, 2.05) is 41.4 Å². The van der Waals surface area contributed by atoms with Crippen LogP contribution in [0.15, 0.2) is 36.5 Å². The van der Waals surface area contributed by atoms with Gasteiger partial charge in [-0.2, -0.15) is 0 Å². The number of benzene rings is 1. The fourth-order valence-corrected chi connectivity index (χ4v) is 2.57. The minimum atomic E-state index is -0.725. The van der Waals surface area contributed by atoms with Gasteiger partial charge in [0, 0.05) is 18.3 Å². The molecule has 0 radical (unpaired) electrons. The molecule has 2 rings (SSSR count). The van der Waals surface area contributed by atoms with E-state index in [4.69, 9.17) is 12.2 Å². The second-order valence-corrected chi connectivity index (χ2v) is 5.44. The molecule has 3 nitrogen and oxygen atoms in total. The molecule has 0 bridgehead atoms. The summed E-state index contributed by atoms with van der Waals surface area (Å²) in [6.07, 6.45) is 6.07. The van der Waals surface area contributed by atoms with Gasteiger partial charge in [0.1, 0.15) is 0 Å². The molecule has 0 aliphatic carbocycles. The Balaban J connectivity index is 2.08. The van der Waals surface area contributed by atoms with Crippen LogP contribution in [0.2, 0.25) is 0 Å². The summed E-state index contributed by atoms with van der Waals surface area (Å²) in [6.45, 7) is 3.10. The zero-order valence-corrected chi connectivity index (χ0v) is 12.7. The third-order valence-corrected chi connectivity index (χ3v) is 3.82. The van der Waals surface area contributed by atoms with E-state index in [0.29, 0.717) is 5.11 Å². The van der Waals surface area contributed by atoms with Crippen LogP contribution in [-0.2, 0) is 0 Å². The van der Waals surface area contributed by atoms with Gasteiger partial charge < -0.3 is 15.3 Å².